The Morgan fingerprint density at radius 2 is 1.65 bits per heavy atom. The molecular formula is C30H31N5O2. The van der Waals surface area contributed by atoms with Gasteiger partial charge in [0, 0.05) is 48.2 Å². The molecule has 1 aliphatic heterocycles. The zero-order chi connectivity index (χ0) is 25.9. The lowest BCUT2D eigenvalue weighted by Crippen LogP contribution is -2.39. The molecule has 7 heteroatoms. The smallest absolute Gasteiger partial charge is 0.320 e. The van der Waals surface area contributed by atoms with Gasteiger partial charge in [-0.1, -0.05) is 54.1 Å². The van der Waals surface area contributed by atoms with Gasteiger partial charge in [-0.3, -0.25) is 9.48 Å². The predicted molar refractivity (Wildman–Crippen MR) is 146 cm³/mol. The van der Waals surface area contributed by atoms with Crippen molar-refractivity contribution in [1.29, 1.82) is 0 Å². The number of benzene rings is 3. The number of nitrogens with one attached hydrogen (secondary N) is 1. The monoisotopic (exact) mass is 493 g/mol. The average Bonchev–Trinajstić information content (AvgIpc) is 3.23. The van der Waals surface area contributed by atoms with E-state index in [1.807, 2.05) is 109 Å². The number of carbonyl (C=O) groups is 2. The number of nitrogens with zero attached hydrogens (tertiary/aromatic N) is 4. The van der Waals surface area contributed by atoms with Crippen LogP contribution in [0.4, 0.5) is 16.2 Å². The molecule has 3 amide bonds. The Morgan fingerprint density at radius 3 is 2.38 bits per heavy atom. The van der Waals surface area contributed by atoms with Gasteiger partial charge in [-0.05, 0) is 49.7 Å². The van der Waals surface area contributed by atoms with E-state index in [1.165, 1.54) is 0 Å². The maximum atomic E-state index is 13.7. The quantitative estimate of drug-likeness (QED) is 0.401. The van der Waals surface area contributed by atoms with Crippen LogP contribution in [0, 0.1) is 13.8 Å². The van der Waals surface area contributed by atoms with E-state index in [0.717, 1.165) is 39.5 Å². The molecule has 0 spiro atoms. The van der Waals surface area contributed by atoms with E-state index in [4.69, 9.17) is 5.10 Å². The average molecular weight is 494 g/mol. The van der Waals surface area contributed by atoms with Gasteiger partial charge in [0.2, 0.25) is 0 Å². The van der Waals surface area contributed by atoms with Gasteiger partial charge < -0.3 is 15.1 Å². The van der Waals surface area contributed by atoms with Crippen molar-refractivity contribution in [1.82, 2.24) is 14.7 Å². The van der Waals surface area contributed by atoms with Gasteiger partial charge in [0.15, 0.2) is 0 Å². The minimum Gasteiger partial charge on any atom is -0.320 e. The Balaban J connectivity index is 1.42. The van der Waals surface area contributed by atoms with Crippen molar-refractivity contribution in [2.75, 3.05) is 16.8 Å². The number of anilines is 2. The molecule has 7 nitrogen and oxygen atoms in total. The number of aryl methyl sites for hydroxylation is 3. The highest BCUT2D eigenvalue weighted by atomic mass is 16.2. The molecule has 3 aromatic carbocycles. The lowest BCUT2D eigenvalue weighted by atomic mass is 10.0. The number of para-hydroxylation sites is 2. The van der Waals surface area contributed by atoms with Gasteiger partial charge in [-0.2, -0.15) is 5.10 Å². The molecule has 0 saturated heterocycles. The van der Waals surface area contributed by atoms with Gasteiger partial charge >= 0.3 is 6.03 Å². The summed E-state index contributed by atoms with van der Waals surface area (Å²) in [6.45, 7) is 5.34. The van der Waals surface area contributed by atoms with Crippen molar-refractivity contribution in [3.63, 3.8) is 0 Å². The Labute approximate surface area is 217 Å². The first-order valence-corrected chi connectivity index (χ1v) is 12.5. The van der Waals surface area contributed by atoms with Crippen molar-refractivity contribution in [3.05, 3.63) is 113 Å². The number of aromatic nitrogens is 2. The highest BCUT2D eigenvalue weighted by molar-refractivity contribution is 6.06. The third-order valence-corrected chi connectivity index (χ3v) is 6.92. The van der Waals surface area contributed by atoms with Gasteiger partial charge in [0.25, 0.3) is 5.91 Å². The molecule has 37 heavy (non-hydrogen) atoms. The first-order chi connectivity index (χ1) is 17.9. The minimum atomic E-state index is -0.134. The Kier molecular flexibility index (Phi) is 6.77. The number of rotatable bonds is 5. The van der Waals surface area contributed by atoms with E-state index in [-0.39, 0.29) is 11.9 Å². The van der Waals surface area contributed by atoms with Crippen LogP contribution in [-0.4, -0.2) is 33.2 Å². The van der Waals surface area contributed by atoms with Crippen LogP contribution in [0.15, 0.2) is 78.9 Å². The number of fused-ring (bicyclic) bond motifs is 1. The third-order valence-electron chi connectivity index (χ3n) is 6.92. The van der Waals surface area contributed by atoms with E-state index in [2.05, 4.69) is 5.32 Å². The molecule has 0 fully saturated rings. The predicted octanol–water partition coefficient (Wildman–Crippen LogP) is 5.47. The molecule has 1 N–H and O–H groups in total. The van der Waals surface area contributed by atoms with Crippen LogP contribution >= 0.6 is 0 Å². The van der Waals surface area contributed by atoms with E-state index in [1.54, 1.807) is 4.90 Å². The summed E-state index contributed by atoms with van der Waals surface area (Å²) in [6.07, 6.45) is 0.706. The van der Waals surface area contributed by atoms with Crippen LogP contribution in [0.1, 0.15) is 38.4 Å². The van der Waals surface area contributed by atoms with Crippen molar-refractivity contribution < 1.29 is 9.59 Å². The second kappa shape index (κ2) is 10.3. The van der Waals surface area contributed by atoms with Crippen molar-refractivity contribution in [3.8, 4) is 0 Å². The van der Waals surface area contributed by atoms with Crippen molar-refractivity contribution in [2.45, 2.75) is 33.4 Å². The van der Waals surface area contributed by atoms with Gasteiger partial charge in [-0.25, -0.2) is 4.79 Å². The summed E-state index contributed by atoms with van der Waals surface area (Å²) in [5, 5.41) is 7.85. The molecule has 0 saturated carbocycles. The molecule has 0 radical (unpaired) electrons. The van der Waals surface area contributed by atoms with Crippen molar-refractivity contribution >= 4 is 23.3 Å². The summed E-state index contributed by atoms with van der Waals surface area (Å²) in [5.41, 5.74) is 7.27. The van der Waals surface area contributed by atoms with Gasteiger partial charge in [0.1, 0.15) is 0 Å². The minimum absolute atomic E-state index is 0.0874. The molecule has 0 aliphatic carbocycles. The molecule has 0 atom stereocenters. The zero-order valence-corrected chi connectivity index (χ0v) is 21.4. The largest absolute Gasteiger partial charge is 0.322 e. The maximum Gasteiger partial charge on any atom is 0.322 e. The molecule has 1 aliphatic rings. The second-order valence-corrected chi connectivity index (χ2v) is 9.51. The lowest BCUT2D eigenvalue weighted by molar-refractivity contribution is 0.0984. The normalized spacial score (nSPS) is 12.7. The summed E-state index contributed by atoms with van der Waals surface area (Å²) < 4.78 is 1.89. The maximum absolute atomic E-state index is 13.7. The standard InChI is InChI=1S/C30H31N5O2/c1-21-13-15-23(16-14-21)29(36)35(24-10-5-4-6-11-24)20-27-25-19-34(18-17-28(25)33(3)32-27)30(37)31-26-12-8-7-9-22(26)2/h4-16H,17-20H2,1-3H3,(H,31,37). The van der Waals surface area contributed by atoms with Crippen LogP contribution in [0.5, 0.6) is 0 Å². The van der Waals surface area contributed by atoms with E-state index in [0.29, 0.717) is 31.6 Å². The van der Waals surface area contributed by atoms with Crippen LogP contribution in [0.3, 0.4) is 0 Å². The molecule has 4 aromatic rings. The molecule has 2 heterocycles. The lowest BCUT2D eigenvalue weighted by Gasteiger charge is -2.29. The van der Waals surface area contributed by atoms with E-state index in [9.17, 15) is 9.59 Å². The Hall–Kier alpha value is -4.39. The number of hydrogen-bond acceptors (Lipinski definition) is 3. The third kappa shape index (κ3) is 5.11. The summed E-state index contributed by atoms with van der Waals surface area (Å²) in [6, 6.07) is 24.9. The topological polar surface area (TPSA) is 70.5 Å². The molecule has 0 bridgehead atoms. The van der Waals surface area contributed by atoms with E-state index >= 15 is 0 Å². The first-order valence-electron chi connectivity index (χ1n) is 12.5. The highest BCUT2D eigenvalue weighted by Crippen LogP contribution is 2.27. The zero-order valence-electron chi connectivity index (χ0n) is 21.4. The van der Waals surface area contributed by atoms with E-state index < -0.39 is 0 Å². The molecule has 1 aromatic heterocycles. The fraction of sp³-hybridized carbons (Fsp3) is 0.233. The Morgan fingerprint density at radius 1 is 0.946 bits per heavy atom. The van der Waals surface area contributed by atoms with Crippen molar-refractivity contribution in [2.24, 2.45) is 7.05 Å². The van der Waals surface area contributed by atoms with Gasteiger partial charge in [-0.15, -0.1) is 0 Å². The highest BCUT2D eigenvalue weighted by Gasteiger charge is 2.29. The van der Waals surface area contributed by atoms with Gasteiger partial charge in [0.05, 0.1) is 18.8 Å². The summed E-state index contributed by atoms with van der Waals surface area (Å²) in [4.78, 5) is 30.4. The molecule has 188 valence electrons. The fourth-order valence-corrected chi connectivity index (χ4v) is 4.77. The summed E-state index contributed by atoms with van der Waals surface area (Å²) >= 11 is 0. The number of amides is 3. The van der Waals surface area contributed by atoms with Crippen LogP contribution in [-0.2, 0) is 26.6 Å². The first kappa shape index (κ1) is 24.3. The molecule has 5 rings (SSSR count). The van der Waals surface area contributed by atoms with Crippen LogP contribution in [0.2, 0.25) is 0 Å². The summed E-state index contributed by atoms with van der Waals surface area (Å²) in [5.74, 6) is -0.0874. The number of urea groups is 1. The summed E-state index contributed by atoms with van der Waals surface area (Å²) in [7, 11) is 1.93. The van der Waals surface area contributed by atoms with Crippen LogP contribution in [0.25, 0.3) is 0 Å². The Bertz CT molecular complexity index is 1430. The molecule has 0 unspecified atom stereocenters. The number of carbonyl (C=O) groups excluding carboxylic acids is 2. The number of hydrogen-bond donors (Lipinski definition) is 1. The SMILES string of the molecule is Cc1ccc(C(=O)N(Cc2nn(C)c3c2CN(C(=O)Nc2ccccc2C)CC3)c2ccccc2)cc1. The van der Waals surface area contributed by atoms with Crippen LogP contribution < -0.4 is 10.2 Å². The second-order valence-electron chi connectivity index (χ2n) is 9.51. The molecular weight excluding hydrogens is 462 g/mol. The fourth-order valence-electron chi connectivity index (χ4n) is 4.77.